The largest absolute Gasteiger partial charge is 0.497 e. The molecule has 144 valence electrons. The van der Waals surface area contributed by atoms with E-state index in [9.17, 15) is 0 Å². The maximum atomic E-state index is 5.36. The molecule has 28 heavy (non-hydrogen) atoms. The highest BCUT2D eigenvalue weighted by Gasteiger charge is 2.16. The summed E-state index contributed by atoms with van der Waals surface area (Å²) in [7, 11) is 1.72. The smallest absolute Gasteiger partial charge is 0.119 e. The molecule has 3 aromatic carbocycles. The van der Waals surface area contributed by atoms with Gasteiger partial charge in [-0.15, -0.1) is 0 Å². The number of benzene rings is 3. The molecule has 0 aliphatic carbocycles. The summed E-state index contributed by atoms with van der Waals surface area (Å²) >= 11 is 0. The van der Waals surface area contributed by atoms with Crippen LogP contribution in [0.1, 0.15) is 11.1 Å². The zero-order valence-electron chi connectivity index (χ0n) is 16.6. The van der Waals surface area contributed by atoms with E-state index >= 15 is 0 Å². The Kier molecular flexibility index (Phi) is 6.05. The van der Waals surface area contributed by atoms with Crippen LogP contribution in [0.4, 0.5) is 0 Å². The minimum Gasteiger partial charge on any atom is -0.497 e. The third-order valence-electron chi connectivity index (χ3n) is 5.51. The first-order chi connectivity index (χ1) is 13.8. The molecule has 0 aromatic heterocycles. The first kappa shape index (κ1) is 18.7. The molecule has 1 aliphatic rings. The number of hydrogen-bond acceptors (Lipinski definition) is 3. The van der Waals surface area contributed by atoms with E-state index in [0.717, 1.165) is 45.0 Å². The van der Waals surface area contributed by atoms with Gasteiger partial charge in [-0.05, 0) is 34.0 Å². The first-order valence-electron chi connectivity index (χ1n) is 10.0. The second kappa shape index (κ2) is 9.05. The predicted octanol–water partition coefficient (Wildman–Crippen LogP) is 4.68. The SMILES string of the molecule is COc1ccc2c(CN3CCN(CC=Cc4ccccc4)CC3)cccc2c1. The van der Waals surface area contributed by atoms with Gasteiger partial charge in [-0.2, -0.15) is 0 Å². The maximum absolute atomic E-state index is 5.36. The Morgan fingerprint density at radius 3 is 2.43 bits per heavy atom. The molecule has 1 fully saturated rings. The average molecular weight is 373 g/mol. The van der Waals surface area contributed by atoms with Gasteiger partial charge in [0, 0.05) is 39.3 Å². The number of nitrogens with zero attached hydrogens (tertiary/aromatic N) is 2. The van der Waals surface area contributed by atoms with Crippen molar-refractivity contribution in [2.45, 2.75) is 6.54 Å². The van der Waals surface area contributed by atoms with Crippen LogP contribution in [-0.4, -0.2) is 49.6 Å². The molecule has 3 heteroatoms. The molecule has 0 spiro atoms. The van der Waals surface area contributed by atoms with Crippen LogP contribution < -0.4 is 4.74 Å². The standard InChI is InChI=1S/C25H28N2O/c1-28-24-12-13-25-22(19-24)10-5-11-23(25)20-27-17-15-26(16-18-27)14-6-9-21-7-3-2-4-8-21/h2-13,19H,14-18,20H2,1H3. The van der Waals surface area contributed by atoms with Crippen molar-refractivity contribution in [3.05, 3.63) is 83.9 Å². The van der Waals surface area contributed by atoms with Gasteiger partial charge in [-0.25, -0.2) is 0 Å². The molecule has 4 rings (SSSR count). The van der Waals surface area contributed by atoms with Crippen LogP contribution in [0.2, 0.25) is 0 Å². The topological polar surface area (TPSA) is 15.7 Å². The minimum atomic E-state index is 0.918. The second-order valence-electron chi connectivity index (χ2n) is 7.39. The van der Waals surface area contributed by atoms with Gasteiger partial charge in [-0.1, -0.05) is 66.7 Å². The Labute approximate surface area is 167 Å². The van der Waals surface area contributed by atoms with E-state index in [2.05, 4.69) is 88.7 Å². The molecule has 0 bridgehead atoms. The lowest BCUT2D eigenvalue weighted by atomic mass is 10.0. The summed E-state index contributed by atoms with van der Waals surface area (Å²) in [6, 6.07) is 23.5. The quantitative estimate of drug-likeness (QED) is 0.625. The number of hydrogen-bond donors (Lipinski definition) is 0. The van der Waals surface area contributed by atoms with Crippen LogP contribution in [0.25, 0.3) is 16.8 Å². The van der Waals surface area contributed by atoms with E-state index in [1.54, 1.807) is 7.11 Å². The van der Waals surface area contributed by atoms with Gasteiger partial charge in [-0.3, -0.25) is 9.80 Å². The fourth-order valence-electron chi connectivity index (χ4n) is 3.87. The molecule has 0 radical (unpaired) electrons. The van der Waals surface area contributed by atoms with Crippen molar-refractivity contribution in [3.63, 3.8) is 0 Å². The molecule has 0 unspecified atom stereocenters. The van der Waals surface area contributed by atoms with Crippen molar-refractivity contribution in [1.29, 1.82) is 0 Å². The van der Waals surface area contributed by atoms with Gasteiger partial charge in [0.2, 0.25) is 0 Å². The number of piperazine rings is 1. The predicted molar refractivity (Wildman–Crippen MR) is 118 cm³/mol. The van der Waals surface area contributed by atoms with Crippen molar-refractivity contribution in [2.75, 3.05) is 39.8 Å². The Balaban J connectivity index is 1.32. The molecular formula is C25H28N2O. The Morgan fingerprint density at radius 2 is 1.64 bits per heavy atom. The molecule has 3 aromatic rings. The van der Waals surface area contributed by atoms with Gasteiger partial charge in [0.15, 0.2) is 0 Å². The third-order valence-corrected chi connectivity index (χ3v) is 5.51. The summed E-state index contributed by atoms with van der Waals surface area (Å²) in [5.41, 5.74) is 2.67. The van der Waals surface area contributed by atoms with Crippen LogP contribution in [0.5, 0.6) is 5.75 Å². The van der Waals surface area contributed by atoms with Gasteiger partial charge >= 0.3 is 0 Å². The lowest BCUT2D eigenvalue weighted by Crippen LogP contribution is -2.45. The molecule has 0 atom stereocenters. The number of rotatable bonds is 6. The van der Waals surface area contributed by atoms with Crippen molar-refractivity contribution in [2.24, 2.45) is 0 Å². The molecule has 1 saturated heterocycles. The third kappa shape index (κ3) is 4.61. The average Bonchev–Trinajstić information content (AvgIpc) is 2.75. The summed E-state index contributed by atoms with van der Waals surface area (Å²) in [5, 5.41) is 2.58. The van der Waals surface area contributed by atoms with Gasteiger partial charge in [0.25, 0.3) is 0 Å². The lowest BCUT2D eigenvalue weighted by molar-refractivity contribution is 0.137. The van der Waals surface area contributed by atoms with E-state index in [1.807, 2.05) is 0 Å². The van der Waals surface area contributed by atoms with Crippen molar-refractivity contribution < 1.29 is 4.74 Å². The molecule has 0 saturated carbocycles. The molecule has 1 heterocycles. The van der Waals surface area contributed by atoms with Gasteiger partial charge in [0.05, 0.1) is 7.11 Å². The fourth-order valence-corrected chi connectivity index (χ4v) is 3.87. The summed E-state index contributed by atoms with van der Waals surface area (Å²) in [6.45, 7) is 6.51. The Hall–Kier alpha value is -2.62. The molecule has 1 aliphatic heterocycles. The van der Waals surface area contributed by atoms with Crippen LogP contribution in [-0.2, 0) is 6.54 Å². The molecule has 3 nitrogen and oxygen atoms in total. The summed E-state index contributed by atoms with van der Waals surface area (Å²) < 4.78 is 5.36. The van der Waals surface area contributed by atoms with Crippen LogP contribution >= 0.6 is 0 Å². The van der Waals surface area contributed by atoms with E-state index in [1.165, 1.54) is 21.9 Å². The highest BCUT2D eigenvalue weighted by molar-refractivity contribution is 5.87. The highest BCUT2D eigenvalue weighted by Crippen LogP contribution is 2.25. The zero-order valence-corrected chi connectivity index (χ0v) is 16.6. The molecule has 0 amide bonds. The number of methoxy groups -OCH3 is 1. The van der Waals surface area contributed by atoms with Gasteiger partial charge in [0.1, 0.15) is 5.75 Å². The summed E-state index contributed by atoms with van der Waals surface area (Å²) in [5.74, 6) is 0.918. The van der Waals surface area contributed by atoms with Crippen LogP contribution in [0, 0.1) is 0 Å². The van der Waals surface area contributed by atoms with E-state index in [-0.39, 0.29) is 0 Å². The summed E-state index contributed by atoms with van der Waals surface area (Å²) in [6.07, 6.45) is 4.50. The zero-order chi connectivity index (χ0) is 19.2. The van der Waals surface area contributed by atoms with Crippen LogP contribution in [0.3, 0.4) is 0 Å². The van der Waals surface area contributed by atoms with Gasteiger partial charge < -0.3 is 4.74 Å². The minimum absolute atomic E-state index is 0.918. The Morgan fingerprint density at radius 1 is 0.857 bits per heavy atom. The fraction of sp³-hybridized carbons (Fsp3) is 0.280. The van der Waals surface area contributed by atoms with E-state index in [0.29, 0.717) is 0 Å². The number of fused-ring (bicyclic) bond motifs is 1. The second-order valence-corrected chi connectivity index (χ2v) is 7.39. The first-order valence-corrected chi connectivity index (χ1v) is 10.0. The van der Waals surface area contributed by atoms with Crippen LogP contribution in [0.15, 0.2) is 72.8 Å². The lowest BCUT2D eigenvalue weighted by Gasteiger charge is -2.34. The normalized spacial score (nSPS) is 16.0. The van der Waals surface area contributed by atoms with Crippen molar-refractivity contribution in [3.8, 4) is 5.75 Å². The monoisotopic (exact) mass is 372 g/mol. The molecular weight excluding hydrogens is 344 g/mol. The summed E-state index contributed by atoms with van der Waals surface area (Å²) in [4.78, 5) is 5.10. The Bertz CT molecular complexity index is 928. The van der Waals surface area contributed by atoms with Crippen molar-refractivity contribution in [1.82, 2.24) is 9.80 Å². The highest BCUT2D eigenvalue weighted by atomic mass is 16.5. The molecule has 0 N–H and O–H groups in total. The maximum Gasteiger partial charge on any atom is 0.119 e. The number of ether oxygens (including phenoxy) is 1. The van der Waals surface area contributed by atoms with E-state index < -0.39 is 0 Å². The van der Waals surface area contributed by atoms with E-state index in [4.69, 9.17) is 4.74 Å². The van der Waals surface area contributed by atoms with Crippen molar-refractivity contribution >= 4 is 16.8 Å².